The molecule has 0 unspecified atom stereocenters. The van der Waals surface area contributed by atoms with E-state index in [1.165, 1.54) is 22.0 Å². The molecule has 0 aliphatic heterocycles. The van der Waals surface area contributed by atoms with E-state index in [-0.39, 0.29) is 0 Å². The van der Waals surface area contributed by atoms with Gasteiger partial charge in [-0.1, -0.05) is 12.1 Å². The molecule has 0 aromatic heterocycles. The fraction of sp³-hybridized carbons (Fsp3) is 0.538. The van der Waals surface area contributed by atoms with Crippen molar-refractivity contribution < 1.29 is 4.74 Å². The van der Waals surface area contributed by atoms with Gasteiger partial charge in [0.2, 0.25) is 0 Å². The molecule has 2 rings (SSSR count). The second kappa shape index (κ2) is 5.98. The van der Waals surface area contributed by atoms with Crippen LogP contribution >= 0.6 is 22.6 Å². The molecule has 0 radical (unpaired) electrons. The van der Waals surface area contributed by atoms with Crippen LogP contribution in [0.2, 0.25) is 0 Å². The molecule has 0 bridgehead atoms. The molecular formula is C13H18INO. The molecule has 0 amide bonds. The highest BCUT2D eigenvalue weighted by atomic mass is 127. The van der Waals surface area contributed by atoms with Crippen LogP contribution in [0, 0.1) is 9.49 Å². The molecule has 16 heavy (non-hydrogen) atoms. The Kier molecular flexibility index (Phi) is 4.61. The van der Waals surface area contributed by atoms with Gasteiger partial charge in [0.15, 0.2) is 0 Å². The zero-order chi connectivity index (χ0) is 11.4. The van der Waals surface area contributed by atoms with E-state index >= 15 is 0 Å². The second-order valence-electron chi connectivity index (χ2n) is 4.45. The fourth-order valence-corrected chi connectivity index (χ4v) is 2.42. The Morgan fingerprint density at radius 3 is 2.62 bits per heavy atom. The van der Waals surface area contributed by atoms with E-state index in [0.717, 1.165) is 19.1 Å². The van der Waals surface area contributed by atoms with Gasteiger partial charge in [0, 0.05) is 3.57 Å². The van der Waals surface area contributed by atoms with E-state index in [1.54, 1.807) is 0 Å². The molecule has 0 spiro atoms. The third kappa shape index (κ3) is 3.43. The van der Waals surface area contributed by atoms with E-state index in [2.05, 4.69) is 52.2 Å². The first-order valence-corrected chi connectivity index (χ1v) is 6.86. The molecule has 1 fully saturated rings. The lowest BCUT2D eigenvalue weighted by atomic mass is 9.82. The van der Waals surface area contributed by atoms with Gasteiger partial charge in [0.25, 0.3) is 0 Å². The van der Waals surface area contributed by atoms with E-state index in [1.807, 2.05) is 7.05 Å². The predicted molar refractivity (Wildman–Crippen MR) is 74.4 cm³/mol. The number of hydrogen-bond acceptors (Lipinski definition) is 2. The molecule has 2 nitrogen and oxygen atoms in total. The Bertz CT molecular complexity index is 319. The Morgan fingerprint density at radius 2 is 2.00 bits per heavy atom. The van der Waals surface area contributed by atoms with Crippen molar-refractivity contribution in [3.05, 3.63) is 33.4 Å². The molecule has 0 heterocycles. The highest BCUT2D eigenvalue weighted by Gasteiger charge is 2.28. The average molecular weight is 331 g/mol. The second-order valence-corrected chi connectivity index (χ2v) is 5.70. The van der Waals surface area contributed by atoms with Crippen LogP contribution in [-0.4, -0.2) is 19.7 Å². The van der Waals surface area contributed by atoms with Gasteiger partial charge in [0.1, 0.15) is 0 Å². The van der Waals surface area contributed by atoms with Crippen LogP contribution in [0.5, 0.6) is 0 Å². The molecule has 0 atom stereocenters. The number of halogens is 1. The summed E-state index contributed by atoms with van der Waals surface area (Å²) >= 11 is 2.32. The van der Waals surface area contributed by atoms with E-state index < -0.39 is 0 Å². The van der Waals surface area contributed by atoms with Crippen LogP contribution in [-0.2, 0) is 11.3 Å². The largest absolute Gasteiger partial charge is 0.374 e. The van der Waals surface area contributed by atoms with Crippen LogP contribution in [0.4, 0.5) is 0 Å². The summed E-state index contributed by atoms with van der Waals surface area (Å²) in [6.45, 7) is 1.89. The molecule has 3 heteroatoms. The van der Waals surface area contributed by atoms with Crippen LogP contribution in [0.3, 0.4) is 0 Å². The minimum atomic E-state index is 0.484. The van der Waals surface area contributed by atoms with E-state index in [0.29, 0.717) is 6.10 Å². The topological polar surface area (TPSA) is 21.3 Å². The predicted octanol–water partition coefficient (Wildman–Crippen LogP) is 2.81. The summed E-state index contributed by atoms with van der Waals surface area (Å²) in [7, 11) is 2.01. The smallest absolute Gasteiger partial charge is 0.0720 e. The zero-order valence-electron chi connectivity index (χ0n) is 9.58. The third-order valence-electron chi connectivity index (χ3n) is 3.08. The van der Waals surface area contributed by atoms with Crippen LogP contribution in [0.1, 0.15) is 18.4 Å². The van der Waals surface area contributed by atoms with Gasteiger partial charge in [-0.2, -0.15) is 0 Å². The van der Waals surface area contributed by atoms with Crippen LogP contribution < -0.4 is 5.32 Å². The van der Waals surface area contributed by atoms with Crippen molar-refractivity contribution in [2.45, 2.75) is 25.6 Å². The molecule has 1 aromatic carbocycles. The molecule has 0 saturated heterocycles. The molecule has 88 valence electrons. The molecule has 1 aliphatic carbocycles. The Labute approximate surface area is 111 Å². The van der Waals surface area contributed by atoms with Crippen LogP contribution in [0.25, 0.3) is 0 Å². The quantitative estimate of drug-likeness (QED) is 0.838. The molecule has 1 aliphatic rings. The van der Waals surface area contributed by atoms with Crippen molar-refractivity contribution in [2.75, 3.05) is 13.6 Å². The maximum atomic E-state index is 5.85. The lowest BCUT2D eigenvalue weighted by molar-refractivity contribution is -0.0391. The molecule has 1 saturated carbocycles. The maximum absolute atomic E-state index is 5.85. The van der Waals surface area contributed by atoms with Gasteiger partial charge in [-0.05, 0) is 72.6 Å². The first-order chi connectivity index (χ1) is 7.78. The van der Waals surface area contributed by atoms with Gasteiger partial charge in [-0.3, -0.25) is 0 Å². The summed E-state index contributed by atoms with van der Waals surface area (Å²) in [6, 6.07) is 8.55. The van der Waals surface area contributed by atoms with Crippen molar-refractivity contribution in [3.8, 4) is 0 Å². The number of hydrogen-bond donors (Lipinski definition) is 1. The van der Waals surface area contributed by atoms with Gasteiger partial charge in [0.05, 0.1) is 12.7 Å². The Morgan fingerprint density at radius 1 is 1.31 bits per heavy atom. The summed E-state index contributed by atoms with van der Waals surface area (Å²) in [5, 5.41) is 3.21. The lowest BCUT2D eigenvalue weighted by Crippen LogP contribution is -2.36. The first-order valence-electron chi connectivity index (χ1n) is 5.78. The van der Waals surface area contributed by atoms with Gasteiger partial charge >= 0.3 is 0 Å². The number of benzene rings is 1. The SMILES string of the molecule is CNCC1CC(OCc2ccc(I)cc2)C1. The Balaban J connectivity index is 1.67. The molecule has 1 aromatic rings. The van der Waals surface area contributed by atoms with Crippen molar-refractivity contribution in [1.82, 2.24) is 5.32 Å². The summed E-state index contributed by atoms with van der Waals surface area (Å²) in [6.07, 6.45) is 2.91. The normalized spacial score (nSPS) is 24.1. The maximum Gasteiger partial charge on any atom is 0.0720 e. The number of ether oxygens (including phenoxy) is 1. The van der Waals surface area contributed by atoms with Crippen LogP contribution in [0.15, 0.2) is 24.3 Å². The third-order valence-corrected chi connectivity index (χ3v) is 3.80. The first kappa shape index (κ1) is 12.3. The lowest BCUT2D eigenvalue weighted by Gasteiger charge is -2.35. The minimum absolute atomic E-state index is 0.484. The van der Waals surface area contributed by atoms with Gasteiger partial charge < -0.3 is 10.1 Å². The van der Waals surface area contributed by atoms with Gasteiger partial charge in [-0.25, -0.2) is 0 Å². The summed E-state index contributed by atoms with van der Waals surface area (Å²) in [5.74, 6) is 0.826. The number of nitrogens with one attached hydrogen (secondary N) is 1. The number of rotatable bonds is 5. The van der Waals surface area contributed by atoms with E-state index in [4.69, 9.17) is 4.74 Å². The van der Waals surface area contributed by atoms with Crippen molar-refractivity contribution in [2.24, 2.45) is 5.92 Å². The summed E-state index contributed by atoms with van der Waals surface area (Å²) in [5.41, 5.74) is 1.28. The molecule has 1 N–H and O–H groups in total. The minimum Gasteiger partial charge on any atom is -0.374 e. The average Bonchev–Trinajstić information content (AvgIpc) is 2.24. The van der Waals surface area contributed by atoms with Crippen molar-refractivity contribution in [3.63, 3.8) is 0 Å². The highest BCUT2D eigenvalue weighted by Crippen LogP contribution is 2.30. The standard InChI is InChI=1S/C13H18INO/c1-15-8-11-6-13(7-11)16-9-10-2-4-12(14)5-3-10/h2-5,11,13,15H,6-9H2,1H3. The van der Waals surface area contributed by atoms with Crippen molar-refractivity contribution in [1.29, 1.82) is 0 Å². The Hall–Kier alpha value is -0.130. The summed E-state index contributed by atoms with van der Waals surface area (Å²) < 4.78 is 7.13. The monoisotopic (exact) mass is 331 g/mol. The molecular weight excluding hydrogens is 313 g/mol. The highest BCUT2D eigenvalue weighted by molar-refractivity contribution is 14.1. The van der Waals surface area contributed by atoms with Crippen molar-refractivity contribution >= 4 is 22.6 Å². The van der Waals surface area contributed by atoms with E-state index in [9.17, 15) is 0 Å². The fourth-order valence-electron chi connectivity index (χ4n) is 2.06. The summed E-state index contributed by atoms with van der Waals surface area (Å²) in [4.78, 5) is 0. The van der Waals surface area contributed by atoms with Gasteiger partial charge in [-0.15, -0.1) is 0 Å². The zero-order valence-corrected chi connectivity index (χ0v) is 11.7.